The Labute approximate surface area is 173 Å². The van der Waals surface area contributed by atoms with E-state index in [9.17, 15) is 0 Å². The molecule has 4 heteroatoms. The Hall–Kier alpha value is -0.945. The first-order valence-corrected chi connectivity index (χ1v) is 12.8. The van der Waals surface area contributed by atoms with Crippen LogP contribution in [0.25, 0.3) is 0 Å². The molecule has 1 aromatic rings. The van der Waals surface area contributed by atoms with Crippen LogP contribution in [0.3, 0.4) is 0 Å². The van der Waals surface area contributed by atoms with E-state index in [2.05, 4.69) is 80.0 Å². The Balaban J connectivity index is 1.23. The van der Waals surface area contributed by atoms with E-state index in [1.165, 1.54) is 50.8 Å². The molecule has 0 N–H and O–H groups in total. The second-order valence-electron chi connectivity index (χ2n) is 10.8. The molecule has 28 heavy (non-hydrogen) atoms. The van der Waals surface area contributed by atoms with E-state index in [-0.39, 0.29) is 7.80 Å². The highest BCUT2D eigenvalue weighted by Crippen LogP contribution is 2.58. The van der Waals surface area contributed by atoms with Crippen molar-refractivity contribution < 1.29 is 0 Å². The summed E-state index contributed by atoms with van der Waals surface area (Å²) in [6.07, 6.45) is 14.5. The van der Waals surface area contributed by atoms with Crippen molar-refractivity contribution in [3.05, 3.63) is 49.4 Å². The molecule has 1 unspecified atom stereocenters. The first-order valence-electron chi connectivity index (χ1n) is 11.2. The predicted molar refractivity (Wildman–Crippen MR) is 122 cm³/mol. The molecule has 6 rings (SSSR count). The molecule has 0 amide bonds. The van der Waals surface area contributed by atoms with Gasteiger partial charge in [-0.3, -0.25) is 0 Å². The summed E-state index contributed by atoms with van der Waals surface area (Å²) in [4.78, 5) is 4.86. The molecule has 1 heterocycles. The highest BCUT2D eigenvalue weighted by atomic mass is 31.1. The van der Waals surface area contributed by atoms with Gasteiger partial charge in [0.15, 0.2) is 7.00 Å². The molecule has 4 fully saturated rings. The fraction of sp³-hybridized carbons (Fsp3) is 0.625. The molecule has 1 atom stereocenters. The monoisotopic (exact) mass is 392 g/mol. The van der Waals surface area contributed by atoms with Crippen LogP contribution < -0.4 is 5.30 Å². The van der Waals surface area contributed by atoms with Gasteiger partial charge in [0, 0.05) is 17.9 Å². The molecule has 0 spiro atoms. The van der Waals surface area contributed by atoms with Crippen LogP contribution in [0.4, 0.5) is 0 Å². The largest absolute Gasteiger partial charge is 0.354 e. The molecule has 0 aromatic heterocycles. The summed E-state index contributed by atoms with van der Waals surface area (Å²) in [5.41, 5.74) is 0.397. The third-order valence-corrected chi connectivity index (χ3v) is 10.8. The molecular formula is C24H34BN2P. The van der Waals surface area contributed by atoms with E-state index in [1.54, 1.807) is 0 Å². The first kappa shape index (κ1) is 19.0. The van der Waals surface area contributed by atoms with Crippen LogP contribution in [0.15, 0.2) is 42.7 Å². The third-order valence-electron chi connectivity index (χ3n) is 7.59. The lowest BCUT2D eigenvalue weighted by Gasteiger charge is -2.59. The predicted octanol–water partition coefficient (Wildman–Crippen LogP) is 4.96. The molecule has 1 aliphatic heterocycles. The van der Waals surface area contributed by atoms with Gasteiger partial charge in [-0.05, 0) is 73.2 Å². The second kappa shape index (κ2) is 7.08. The summed E-state index contributed by atoms with van der Waals surface area (Å²) < 4.78 is 0. The van der Waals surface area contributed by atoms with Gasteiger partial charge in [0.1, 0.15) is 0 Å². The van der Waals surface area contributed by atoms with Crippen LogP contribution in [0.2, 0.25) is 0 Å². The topological polar surface area (TPSA) is 6.48 Å². The van der Waals surface area contributed by atoms with Crippen molar-refractivity contribution in [3.8, 4) is 0 Å². The Morgan fingerprint density at radius 1 is 1.00 bits per heavy atom. The van der Waals surface area contributed by atoms with Crippen LogP contribution >= 0.6 is 7.80 Å². The lowest BCUT2D eigenvalue weighted by Crippen LogP contribution is -2.57. The molecule has 2 radical (unpaired) electrons. The summed E-state index contributed by atoms with van der Waals surface area (Å²) in [6, 6.07) is 11.2. The van der Waals surface area contributed by atoms with Crippen LogP contribution in [0.5, 0.6) is 0 Å². The molecule has 1 aromatic carbocycles. The highest BCUT2D eigenvalue weighted by Gasteiger charge is 2.54. The summed E-state index contributed by atoms with van der Waals surface area (Å²) in [6.45, 7) is 12.2. The van der Waals surface area contributed by atoms with Crippen LogP contribution in [-0.2, 0) is 0 Å². The zero-order chi connectivity index (χ0) is 19.4. The Morgan fingerprint density at radius 2 is 1.61 bits per heavy atom. The maximum Gasteiger partial charge on any atom is 0.207 e. The number of benzene rings is 1. The maximum atomic E-state index is 3.77. The maximum absolute atomic E-state index is 3.77. The van der Waals surface area contributed by atoms with Gasteiger partial charge < -0.3 is 9.80 Å². The summed E-state index contributed by atoms with van der Waals surface area (Å²) >= 11 is 0. The van der Waals surface area contributed by atoms with Crippen molar-refractivity contribution in [2.24, 2.45) is 17.8 Å². The van der Waals surface area contributed by atoms with E-state index >= 15 is 0 Å². The number of nitrogens with zero attached hydrogens (tertiary/aromatic N) is 2. The number of hydrogen-bond acceptors (Lipinski definition) is 2. The fourth-order valence-corrected chi connectivity index (χ4v) is 9.42. The molecule has 4 aliphatic carbocycles. The molecule has 0 saturated heterocycles. The lowest BCUT2D eigenvalue weighted by atomic mass is 9.52. The van der Waals surface area contributed by atoms with Gasteiger partial charge >= 0.3 is 0 Å². The molecular weight excluding hydrogens is 358 g/mol. The standard InChI is InChI=1S/C24H34BN2P/c1-23(2,3)28(22-7-5-4-6-8-22)25-17-26-9-10-27(18-26)24-14-19-11-20(15-24)13-21(12-19)16-24/h4-10,19-21,25H,11-17H2,1-3H3. The number of hydrogen-bond donors (Lipinski definition) is 0. The minimum absolute atomic E-state index is 0.188. The fourth-order valence-electron chi connectivity index (χ4n) is 6.77. The van der Waals surface area contributed by atoms with E-state index in [0.29, 0.717) is 10.7 Å². The van der Waals surface area contributed by atoms with Crippen molar-refractivity contribution in [1.29, 1.82) is 0 Å². The minimum Gasteiger partial charge on any atom is -0.354 e. The van der Waals surface area contributed by atoms with Crippen molar-refractivity contribution in [3.63, 3.8) is 0 Å². The van der Waals surface area contributed by atoms with Crippen molar-refractivity contribution in [2.75, 3.05) is 6.44 Å². The molecule has 2 nitrogen and oxygen atoms in total. The van der Waals surface area contributed by atoms with E-state index in [1.807, 2.05) is 0 Å². The summed E-state index contributed by atoms with van der Waals surface area (Å²) in [7, 11) is -0.188. The van der Waals surface area contributed by atoms with Gasteiger partial charge in [0.2, 0.25) is 6.67 Å². The normalized spacial score (nSPS) is 34.9. The zero-order valence-electron chi connectivity index (χ0n) is 17.8. The van der Waals surface area contributed by atoms with Crippen molar-refractivity contribution in [1.82, 2.24) is 9.80 Å². The van der Waals surface area contributed by atoms with E-state index in [4.69, 9.17) is 0 Å². The van der Waals surface area contributed by atoms with Gasteiger partial charge in [0.25, 0.3) is 0 Å². The minimum atomic E-state index is -0.188. The zero-order valence-corrected chi connectivity index (χ0v) is 18.7. The van der Waals surface area contributed by atoms with Crippen molar-refractivity contribution in [2.45, 2.75) is 70.0 Å². The Morgan fingerprint density at radius 3 is 2.18 bits per heavy atom. The van der Waals surface area contributed by atoms with Gasteiger partial charge in [0.05, 0.1) is 0 Å². The first-order chi connectivity index (χ1) is 13.4. The van der Waals surface area contributed by atoms with Gasteiger partial charge in [-0.15, -0.1) is 7.80 Å². The Kier molecular flexibility index (Phi) is 4.82. The van der Waals surface area contributed by atoms with Crippen LogP contribution in [0.1, 0.15) is 59.3 Å². The van der Waals surface area contributed by atoms with Crippen molar-refractivity contribution >= 4 is 20.1 Å². The average molecular weight is 392 g/mol. The van der Waals surface area contributed by atoms with E-state index in [0.717, 1.165) is 24.2 Å². The van der Waals surface area contributed by atoms with Gasteiger partial charge in [-0.25, -0.2) is 0 Å². The molecule has 4 saturated carbocycles. The summed E-state index contributed by atoms with van der Waals surface area (Å²) in [5.74, 6) is 2.96. The third kappa shape index (κ3) is 3.53. The summed E-state index contributed by atoms with van der Waals surface area (Å²) in [5, 5.41) is 1.87. The van der Waals surface area contributed by atoms with Gasteiger partial charge in [-0.1, -0.05) is 51.1 Å². The lowest BCUT2D eigenvalue weighted by molar-refractivity contribution is -0.0633. The average Bonchev–Trinajstić information content (AvgIpc) is 3.10. The highest BCUT2D eigenvalue weighted by molar-refractivity contribution is 7.92. The SMILES string of the molecule is CC(C)(C)P(BCN1[C]N(C23CC4CC(CC(C4)C2)C3)C=C1)c1ccccc1. The number of rotatable bonds is 5. The molecule has 4 bridgehead atoms. The second-order valence-corrected chi connectivity index (χ2v) is 13.9. The van der Waals surface area contributed by atoms with Crippen LogP contribution in [0, 0.1) is 24.4 Å². The molecule has 148 valence electrons. The quantitative estimate of drug-likeness (QED) is 0.517. The van der Waals surface area contributed by atoms with E-state index < -0.39 is 0 Å². The smallest absolute Gasteiger partial charge is 0.207 e. The molecule has 5 aliphatic rings. The van der Waals surface area contributed by atoms with Gasteiger partial charge in [-0.2, -0.15) is 0 Å². The van der Waals surface area contributed by atoms with Crippen LogP contribution in [-0.4, -0.2) is 33.9 Å². The Bertz CT molecular complexity index is 691.